The van der Waals surface area contributed by atoms with E-state index in [0.717, 1.165) is 12.8 Å². The van der Waals surface area contributed by atoms with Gasteiger partial charge in [0, 0.05) is 27.3 Å². The molecule has 1 aliphatic heterocycles. The van der Waals surface area contributed by atoms with E-state index in [9.17, 15) is 13.2 Å². The van der Waals surface area contributed by atoms with Crippen LogP contribution in [0.25, 0.3) is 0 Å². The number of nitrogens with one attached hydrogen (secondary N) is 1. The van der Waals surface area contributed by atoms with Crippen molar-refractivity contribution in [3.63, 3.8) is 0 Å². The molecule has 1 N–H and O–H groups in total. The van der Waals surface area contributed by atoms with E-state index in [1.54, 1.807) is 0 Å². The van der Waals surface area contributed by atoms with Crippen molar-refractivity contribution in [2.45, 2.75) is 36.8 Å². The second-order valence-electron chi connectivity index (χ2n) is 4.90. The van der Waals surface area contributed by atoms with Gasteiger partial charge in [-0.05, 0) is 53.9 Å². The van der Waals surface area contributed by atoms with E-state index in [-0.39, 0.29) is 28.5 Å². The largest absolute Gasteiger partial charge is 0.376 e. The fourth-order valence-electron chi connectivity index (χ4n) is 2.21. The Morgan fingerprint density at radius 3 is 2.81 bits per heavy atom. The van der Waals surface area contributed by atoms with Gasteiger partial charge in [0.05, 0.1) is 17.0 Å². The number of halogens is 2. The molecule has 0 bridgehead atoms. The average molecular weight is 397 g/mol. The van der Waals surface area contributed by atoms with Gasteiger partial charge in [0.25, 0.3) is 15.0 Å². The van der Waals surface area contributed by atoms with Gasteiger partial charge in [-0.15, -0.1) is 0 Å². The molecule has 1 heterocycles. The van der Waals surface area contributed by atoms with E-state index >= 15 is 0 Å². The number of hydrogen-bond donors (Lipinski definition) is 1. The van der Waals surface area contributed by atoms with Crippen molar-refractivity contribution in [3.05, 3.63) is 28.2 Å². The molecule has 1 amide bonds. The van der Waals surface area contributed by atoms with Crippen LogP contribution in [0.5, 0.6) is 0 Å². The van der Waals surface area contributed by atoms with Gasteiger partial charge in [-0.2, -0.15) is 0 Å². The van der Waals surface area contributed by atoms with E-state index in [2.05, 4.69) is 21.2 Å². The first kappa shape index (κ1) is 16.7. The summed E-state index contributed by atoms with van der Waals surface area (Å²) in [6.45, 7) is 2.57. The van der Waals surface area contributed by atoms with Crippen LogP contribution in [0.1, 0.15) is 30.1 Å². The van der Waals surface area contributed by atoms with Crippen LogP contribution in [0.4, 0.5) is 0 Å². The monoisotopic (exact) mass is 395 g/mol. The predicted octanol–water partition coefficient (Wildman–Crippen LogP) is 2.67. The molecular weight excluding hydrogens is 382 g/mol. The predicted molar refractivity (Wildman–Crippen MR) is 83.1 cm³/mol. The molecule has 1 aromatic rings. The van der Waals surface area contributed by atoms with Crippen molar-refractivity contribution in [1.29, 1.82) is 0 Å². The normalized spacial score (nSPS) is 20.2. The van der Waals surface area contributed by atoms with Gasteiger partial charge in [0.15, 0.2) is 0 Å². The van der Waals surface area contributed by atoms with Crippen LogP contribution in [0.15, 0.2) is 27.6 Å². The van der Waals surface area contributed by atoms with Crippen LogP contribution in [0.3, 0.4) is 0 Å². The second kappa shape index (κ2) is 6.64. The molecule has 0 spiro atoms. The van der Waals surface area contributed by atoms with Crippen LogP contribution in [0, 0.1) is 0 Å². The minimum absolute atomic E-state index is 0.000582. The van der Waals surface area contributed by atoms with Crippen molar-refractivity contribution >= 4 is 41.6 Å². The first-order chi connectivity index (χ1) is 9.79. The molecule has 116 valence electrons. The Morgan fingerprint density at radius 2 is 2.24 bits per heavy atom. The molecule has 1 aromatic carbocycles. The van der Waals surface area contributed by atoms with E-state index in [1.807, 2.05) is 6.92 Å². The molecule has 0 radical (unpaired) electrons. The molecule has 0 aromatic heterocycles. The second-order valence-corrected chi connectivity index (χ2v) is 8.29. The maximum absolute atomic E-state index is 12.2. The minimum atomic E-state index is -3.91. The van der Waals surface area contributed by atoms with E-state index < -0.39 is 9.05 Å². The maximum atomic E-state index is 12.2. The number of ether oxygens (including phenoxy) is 1. The third kappa shape index (κ3) is 4.18. The molecule has 2 atom stereocenters. The van der Waals surface area contributed by atoms with Crippen LogP contribution >= 0.6 is 26.6 Å². The Labute approximate surface area is 136 Å². The fraction of sp³-hybridized carbons (Fsp3) is 0.462. The Hall–Kier alpha value is -0.630. The molecule has 8 heteroatoms. The quantitative estimate of drug-likeness (QED) is 0.794. The highest BCUT2D eigenvalue weighted by Crippen LogP contribution is 2.26. The summed E-state index contributed by atoms with van der Waals surface area (Å²) in [6, 6.07) is 4.14. The van der Waals surface area contributed by atoms with Gasteiger partial charge in [-0.25, -0.2) is 8.42 Å². The molecule has 1 saturated heterocycles. The standard InChI is InChI=1S/C13H15BrClNO4S/c1-8(11-3-2-6-20-11)16-13(17)9-4-5-10(14)12(7-9)21(15,18)19/h4-5,7-8,11H,2-3,6H2,1H3,(H,16,17). The van der Waals surface area contributed by atoms with Gasteiger partial charge in [0.1, 0.15) is 0 Å². The van der Waals surface area contributed by atoms with Crippen LogP contribution in [-0.4, -0.2) is 33.1 Å². The van der Waals surface area contributed by atoms with Crippen LogP contribution in [0.2, 0.25) is 0 Å². The lowest BCUT2D eigenvalue weighted by Crippen LogP contribution is -2.40. The first-order valence-electron chi connectivity index (χ1n) is 6.45. The fourth-order valence-corrected chi connectivity index (χ4v) is 4.33. The van der Waals surface area contributed by atoms with Crippen LogP contribution < -0.4 is 5.32 Å². The molecular formula is C13H15BrClNO4S. The summed E-state index contributed by atoms with van der Waals surface area (Å²) in [5.41, 5.74) is 0.238. The highest BCUT2D eigenvalue weighted by molar-refractivity contribution is 9.10. The first-order valence-corrected chi connectivity index (χ1v) is 9.56. The number of carbonyl (C=O) groups is 1. The zero-order valence-corrected chi connectivity index (χ0v) is 14.5. The highest BCUT2D eigenvalue weighted by atomic mass is 79.9. The lowest BCUT2D eigenvalue weighted by atomic mass is 10.1. The van der Waals surface area contributed by atoms with Crippen molar-refractivity contribution in [2.24, 2.45) is 0 Å². The summed E-state index contributed by atoms with van der Waals surface area (Å²) in [5.74, 6) is -0.355. The SMILES string of the molecule is CC(NC(=O)c1ccc(Br)c(S(=O)(=O)Cl)c1)C1CCCO1. The zero-order valence-electron chi connectivity index (χ0n) is 11.3. The van der Waals surface area contributed by atoms with E-state index in [1.165, 1.54) is 18.2 Å². The minimum Gasteiger partial charge on any atom is -0.376 e. The van der Waals surface area contributed by atoms with Gasteiger partial charge < -0.3 is 10.1 Å². The summed E-state index contributed by atoms with van der Waals surface area (Å²) in [5, 5.41) is 2.82. The molecule has 0 saturated carbocycles. The summed E-state index contributed by atoms with van der Waals surface area (Å²) < 4.78 is 28.7. The van der Waals surface area contributed by atoms with Crippen molar-refractivity contribution in [1.82, 2.24) is 5.32 Å². The van der Waals surface area contributed by atoms with Crippen molar-refractivity contribution < 1.29 is 17.9 Å². The summed E-state index contributed by atoms with van der Waals surface area (Å²) in [6.07, 6.45) is 1.89. The Balaban J connectivity index is 2.16. The smallest absolute Gasteiger partial charge is 0.262 e. The molecule has 5 nitrogen and oxygen atoms in total. The zero-order chi connectivity index (χ0) is 15.6. The third-order valence-electron chi connectivity index (χ3n) is 3.34. The molecule has 21 heavy (non-hydrogen) atoms. The number of carbonyl (C=O) groups excluding carboxylic acids is 1. The Kier molecular flexibility index (Phi) is 5.29. The highest BCUT2D eigenvalue weighted by Gasteiger charge is 2.24. The Bertz CT molecular complexity index is 644. The molecule has 1 aliphatic rings. The number of hydrogen-bond acceptors (Lipinski definition) is 4. The number of amides is 1. The molecule has 0 aliphatic carbocycles. The third-order valence-corrected chi connectivity index (χ3v) is 5.65. The van der Waals surface area contributed by atoms with Crippen molar-refractivity contribution in [3.8, 4) is 0 Å². The van der Waals surface area contributed by atoms with E-state index in [0.29, 0.717) is 11.1 Å². The van der Waals surface area contributed by atoms with Crippen LogP contribution in [-0.2, 0) is 13.8 Å². The lowest BCUT2D eigenvalue weighted by Gasteiger charge is -2.20. The number of benzene rings is 1. The lowest BCUT2D eigenvalue weighted by molar-refractivity contribution is 0.0712. The van der Waals surface area contributed by atoms with Gasteiger partial charge >= 0.3 is 0 Å². The van der Waals surface area contributed by atoms with Crippen molar-refractivity contribution in [2.75, 3.05) is 6.61 Å². The molecule has 2 unspecified atom stereocenters. The summed E-state index contributed by atoms with van der Waals surface area (Å²) in [4.78, 5) is 12.1. The van der Waals surface area contributed by atoms with E-state index in [4.69, 9.17) is 15.4 Å². The van der Waals surface area contributed by atoms with Gasteiger partial charge in [-0.1, -0.05) is 0 Å². The van der Waals surface area contributed by atoms with Gasteiger partial charge in [0.2, 0.25) is 0 Å². The maximum Gasteiger partial charge on any atom is 0.262 e. The topological polar surface area (TPSA) is 72.5 Å². The molecule has 1 fully saturated rings. The summed E-state index contributed by atoms with van der Waals surface area (Å²) in [7, 11) is 1.43. The summed E-state index contributed by atoms with van der Waals surface area (Å²) >= 11 is 3.10. The Morgan fingerprint density at radius 1 is 1.52 bits per heavy atom. The molecule has 2 rings (SSSR count). The average Bonchev–Trinajstić information content (AvgIpc) is 2.91. The van der Waals surface area contributed by atoms with Gasteiger partial charge in [-0.3, -0.25) is 4.79 Å². The number of rotatable bonds is 4.